The lowest BCUT2D eigenvalue weighted by Gasteiger charge is -2.25. The first-order valence-electron chi connectivity index (χ1n) is 6.30. The SMILES string of the molecule is CCC(N)(CO)CCCOc1ccc(OC)cc1. The quantitative estimate of drug-likeness (QED) is 0.695. The fourth-order valence-corrected chi connectivity index (χ4v) is 1.65. The average molecular weight is 253 g/mol. The van der Waals surface area contributed by atoms with Gasteiger partial charge in [-0.1, -0.05) is 6.92 Å². The Morgan fingerprint density at radius 1 is 1.22 bits per heavy atom. The van der Waals surface area contributed by atoms with E-state index in [9.17, 15) is 5.11 Å². The van der Waals surface area contributed by atoms with Gasteiger partial charge in [-0.15, -0.1) is 0 Å². The summed E-state index contributed by atoms with van der Waals surface area (Å²) < 4.78 is 10.7. The number of hydrogen-bond donors (Lipinski definition) is 2. The van der Waals surface area contributed by atoms with Crippen molar-refractivity contribution >= 4 is 0 Å². The Bertz CT molecular complexity index is 333. The monoisotopic (exact) mass is 253 g/mol. The van der Waals surface area contributed by atoms with E-state index in [1.807, 2.05) is 31.2 Å². The van der Waals surface area contributed by atoms with Gasteiger partial charge in [-0.3, -0.25) is 0 Å². The van der Waals surface area contributed by atoms with E-state index in [0.717, 1.165) is 30.8 Å². The molecule has 0 saturated heterocycles. The van der Waals surface area contributed by atoms with E-state index in [-0.39, 0.29) is 6.61 Å². The van der Waals surface area contributed by atoms with E-state index in [4.69, 9.17) is 15.2 Å². The van der Waals surface area contributed by atoms with Gasteiger partial charge in [0.25, 0.3) is 0 Å². The Balaban J connectivity index is 2.29. The first kappa shape index (κ1) is 14.8. The number of hydrogen-bond acceptors (Lipinski definition) is 4. The largest absolute Gasteiger partial charge is 0.497 e. The fraction of sp³-hybridized carbons (Fsp3) is 0.571. The van der Waals surface area contributed by atoms with Gasteiger partial charge < -0.3 is 20.3 Å². The van der Waals surface area contributed by atoms with Gasteiger partial charge >= 0.3 is 0 Å². The molecule has 1 unspecified atom stereocenters. The van der Waals surface area contributed by atoms with Crippen LogP contribution in [0.5, 0.6) is 11.5 Å². The summed E-state index contributed by atoms with van der Waals surface area (Å²) in [4.78, 5) is 0. The maximum absolute atomic E-state index is 9.18. The van der Waals surface area contributed by atoms with Crippen LogP contribution in [0, 0.1) is 0 Å². The van der Waals surface area contributed by atoms with Crippen molar-refractivity contribution in [3.8, 4) is 11.5 Å². The number of nitrogens with two attached hydrogens (primary N) is 1. The maximum Gasteiger partial charge on any atom is 0.119 e. The summed E-state index contributed by atoms with van der Waals surface area (Å²) in [7, 11) is 1.64. The highest BCUT2D eigenvalue weighted by Gasteiger charge is 2.20. The maximum atomic E-state index is 9.18. The predicted molar refractivity (Wildman–Crippen MR) is 72.0 cm³/mol. The molecule has 0 amide bonds. The van der Waals surface area contributed by atoms with Gasteiger partial charge in [0.1, 0.15) is 11.5 Å². The summed E-state index contributed by atoms with van der Waals surface area (Å²) in [6.07, 6.45) is 2.36. The first-order chi connectivity index (χ1) is 8.63. The smallest absolute Gasteiger partial charge is 0.119 e. The molecule has 1 aromatic carbocycles. The molecule has 0 aromatic heterocycles. The van der Waals surface area contributed by atoms with Crippen LogP contribution in [-0.4, -0.2) is 31.0 Å². The molecule has 0 aliphatic rings. The zero-order chi connectivity index (χ0) is 13.4. The van der Waals surface area contributed by atoms with Gasteiger partial charge in [0, 0.05) is 5.54 Å². The Morgan fingerprint density at radius 2 is 1.83 bits per heavy atom. The van der Waals surface area contributed by atoms with Gasteiger partial charge in [0.15, 0.2) is 0 Å². The van der Waals surface area contributed by atoms with Crippen LogP contribution in [0.1, 0.15) is 26.2 Å². The van der Waals surface area contributed by atoms with Crippen LogP contribution in [0.2, 0.25) is 0 Å². The minimum Gasteiger partial charge on any atom is -0.497 e. The molecule has 0 aliphatic carbocycles. The molecular weight excluding hydrogens is 230 g/mol. The van der Waals surface area contributed by atoms with E-state index in [1.165, 1.54) is 0 Å². The summed E-state index contributed by atoms with van der Waals surface area (Å²) in [5.41, 5.74) is 5.52. The summed E-state index contributed by atoms with van der Waals surface area (Å²) in [5, 5.41) is 9.18. The average Bonchev–Trinajstić information content (AvgIpc) is 2.44. The molecule has 0 heterocycles. The van der Waals surface area contributed by atoms with Crippen molar-refractivity contribution in [3.63, 3.8) is 0 Å². The molecule has 1 atom stereocenters. The van der Waals surface area contributed by atoms with Crippen molar-refractivity contribution < 1.29 is 14.6 Å². The third kappa shape index (κ3) is 4.55. The van der Waals surface area contributed by atoms with Crippen LogP contribution >= 0.6 is 0 Å². The van der Waals surface area contributed by atoms with E-state index >= 15 is 0 Å². The molecule has 0 aliphatic heterocycles. The first-order valence-corrected chi connectivity index (χ1v) is 6.30. The summed E-state index contributed by atoms with van der Waals surface area (Å²) >= 11 is 0. The highest BCUT2D eigenvalue weighted by molar-refractivity contribution is 5.31. The number of ether oxygens (including phenoxy) is 2. The van der Waals surface area contributed by atoms with Crippen molar-refractivity contribution in [2.45, 2.75) is 31.7 Å². The molecular formula is C14H23NO3. The second kappa shape index (κ2) is 7.24. The molecule has 0 bridgehead atoms. The molecule has 3 N–H and O–H groups in total. The van der Waals surface area contributed by atoms with Gasteiger partial charge in [-0.25, -0.2) is 0 Å². The molecule has 0 radical (unpaired) electrons. The summed E-state index contributed by atoms with van der Waals surface area (Å²) in [5.74, 6) is 1.63. The molecule has 0 saturated carbocycles. The van der Waals surface area contributed by atoms with E-state index in [0.29, 0.717) is 6.61 Å². The molecule has 0 spiro atoms. The fourth-order valence-electron chi connectivity index (χ4n) is 1.65. The number of aliphatic hydroxyl groups is 1. The Hall–Kier alpha value is -1.26. The molecule has 1 rings (SSSR count). The zero-order valence-corrected chi connectivity index (χ0v) is 11.2. The lowest BCUT2D eigenvalue weighted by Crippen LogP contribution is -2.43. The summed E-state index contributed by atoms with van der Waals surface area (Å²) in [6, 6.07) is 7.48. The van der Waals surface area contributed by atoms with Gasteiger partial charge in [0.2, 0.25) is 0 Å². The highest BCUT2D eigenvalue weighted by atomic mass is 16.5. The third-order valence-electron chi connectivity index (χ3n) is 3.17. The highest BCUT2D eigenvalue weighted by Crippen LogP contribution is 2.18. The lowest BCUT2D eigenvalue weighted by molar-refractivity contribution is 0.171. The van der Waals surface area contributed by atoms with Crippen LogP contribution in [0.4, 0.5) is 0 Å². The van der Waals surface area contributed by atoms with Gasteiger partial charge in [-0.2, -0.15) is 0 Å². The van der Waals surface area contributed by atoms with Crippen LogP contribution in [-0.2, 0) is 0 Å². The Morgan fingerprint density at radius 3 is 2.33 bits per heavy atom. The molecule has 4 heteroatoms. The number of methoxy groups -OCH3 is 1. The third-order valence-corrected chi connectivity index (χ3v) is 3.17. The molecule has 4 nitrogen and oxygen atoms in total. The van der Waals surface area contributed by atoms with Gasteiger partial charge in [0.05, 0.1) is 20.3 Å². The van der Waals surface area contributed by atoms with E-state index in [1.54, 1.807) is 7.11 Å². The minimum absolute atomic E-state index is 0.0199. The second-order valence-electron chi connectivity index (χ2n) is 4.50. The molecule has 102 valence electrons. The van der Waals surface area contributed by atoms with Crippen molar-refractivity contribution in [2.24, 2.45) is 5.73 Å². The number of benzene rings is 1. The topological polar surface area (TPSA) is 64.7 Å². The predicted octanol–water partition coefficient (Wildman–Crippen LogP) is 1.95. The Labute approximate surface area is 109 Å². The lowest BCUT2D eigenvalue weighted by atomic mass is 9.93. The van der Waals surface area contributed by atoms with Gasteiger partial charge in [-0.05, 0) is 43.5 Å². The molecule has 18 heavy (non-hydrogen) atoms. The van der Waals surface area contributed by atoms with Crippen molar-refractivity contribution in [1.82, 2.24) is 0 Å². The number of rotatable bonds is 8. The molecule has 0 fully saturated rings. The van der Waals surface area contributed by atoms with Crippen LogP contribution in [0.3, 0.4) is 0 Å². The van der Waals surface area contributed by atoms with Crippen molar-refractivity contribution in [1.29, 1.82) is 0 Å². The van der Waals surface area contributed by atoms with Crippen molar-refractivity contribution in [3.05, 3.63) is 24.3 Å². The number of aliphatic hydroxyl groups excluding tert-OH is 1. The standard InChI is InChI=1S/C14H23NO3/c1-3-14(15,11-16)9-4-10-18-13-7-5-12(17-2)6-8-13/h5-8,16H,3-4,9-11,15H2,1-2H3. The summed E-state index contributed by atoms with van der Waals surface area (Å²) in [6.45, 7) is 2.61. The molecule has 1 aromatic rings. The van der Waals surface area contributed by atoms with E-state index in [2.05, 4.69) is 0 Å². The zero-order valence-electron chi connectivity index (χ0n) is 11.2. The van der Waals surface area contributed by atoms with E-state index < -0.39 is 5.54 Å². The van der Waals surface area contributed by atoms with Crippen LogP contribution in [0.15, 0.2) is 24.3 Å². The van der Waals surface area contributed by atoms with Crippen LogP contribution < -0.4 is 15.2 Å². The second-order valence-corrected chi connectivity index (χ2v) is 4.50. The van der Waals surface area contributed by atoms with Crippen LogP contribution in [0.25, 0.3) is 0 Å². The normalized spacial score (nSPS) is 14.0. The Kier molecular flexibility index (Phi) is 5.95. The minimum atomic E-state index is -0.469. The van der Waals surface area contributed by atoms with Crippen molar-refractivity contribution in [2.75, 3.05) is 20.3 Å².